The quantitative estimate of drug-likeness (QED) is 0.282. The van der Waals surface area contributed by atoms with E-state index in [0.717, 1.165) is 23.2 Å². The van der Waals surface area contributed by atoms with Crippen molar-refractivity contribution in [2.75, 3.05) is 25.8 Å². The van der Waals surface area contributed by atoms with Gasteiger partial charge < -0.3 is 10.6 Å². The van der Waals surface area contributed by atoms with Crippen LogP contribution in [0.3, 0.4) is 0 Å². The molecule has 3 N–H and O–H groups in total. The highest BCUT2D eigenvalue weighted by Crippen LogP contribution is 2.33. The molecule has 2 rings (SSSR count). The third-order valence-corrected chi connectivity index (χ3v) is 6.42. The molecule has 1 saturated carbocycles. The molecular formula is C12H25N7S2. The van der Waals surface area contributed by atoms with Gasteiger partial charge in [0.05, 0.1) is 5.88 Å². The molecule has 0 radical (unpaired) electrons. The summed E-state index contributed by atoms with van der Waals surface area (Å²) in [7, 11) is 3.89. The van der Waals surface area contributed by atoms with Gasteiger partial charge in [0.15, 0.2) is 0 Å². The summed E-state index contributed by atoms with van der Waals surface area (Å²) in [6.45, 7) is 3.51. The summed E-state index contributed by atoms with van der Waals surface area (Å²) in [5, 5.41) is 15.5. The molecular weight excluding hydrogens is 306 g/mol. The number of thioether (sulfide) groups is 1. The zero-order valence-electron chi connectivity index (χ0n) is 12.7. The van der Waals surface area contributed by atoms with Crippen LogP contribution in [0.2, 0.25) is 0 Å². The fourth-order valence-electron chi connectivity index (χ4n) is 2.68. The minimum absolute atomic E-state index is 0.0277. The predicted octanol–water partition coefficient (Wildman–Crippen LogP) is 1.10. The summed E-state index contributed by atoms with van der Waals surface area (Å²) in [6.07, 6.45) is 4.74. The Labute approximate surface area is 133 Å². The maximum Gasteiger partial charge on any atom is 0.100 e. The van der Waals surface area contributed by atoms with Crippen molar-refractivity contribution in [3.8, 4) is 0 Å². The van der Waals surface area contributed by atoms with Crippen molar-refractivity contribution in [2.45, 2.75) is 31.7 Å². The second-order valence-corrected chi connectivity index (χ2v) is 7.63. The zero-order valence-corrected chi connectivity index (χ0v) is 14.3. The van der Waals surface area contributed by atoms with E-state index in [0.29, 0.717) is 12.0 Å². The summed E-state index contributed by atoms with van der Waals surface area (Å²) in [6, 6.07) is 0.531. The van der Waals surface area contributed by atoms with Crippen molar-refractivity contribution in [2.24, 2.45) is 20.6 Å². The molecule has 1 aliphatic heterocycles. The van der Waals surface area contributed by atoms with Gasteiger partial charge in [-0.15, -0.1) is 15.1 Å². The molecule has 0 aromatic heterocycles. The molecule has 21 heavy (non-hydrogen) atoms. The van der Waals surface area contributed by atoms with E-state index in [1.54, 1.807) is 11.8 Å². The molecule has 0 spiro atoms. The lowest BCUT2D eigenvalue weighted by molar-refractivity contribution is 0.180. The molecule has 1 heterocycles. The van der Waals surface area contributed by atoms with E-state index in [4.69, 9.17) is 0 Å². The smallest absolute Gasteiger partial charge is 0.100 e. The highest BCUT2D eigenvalue weighted by atomic mass is 32.2. The number of nitrogens with zero attached hydrogens (tertiary/aromatic N) is 4. The summed E-state index contributed by atoms with van der Waals surface area (Å²) >= 11 is 1.74. The van der Waals surface area contributed by atoms with E-state index in [1.807, 2.05) is 14.1 Å². The number of hydrazine groups is 1. The largest absolute Gasteiger partial charge is 0.311 e. The molecule has 0 aromatic rings. The molecule has 2 aliphatic rings. The number of rotatable bonds is 7. The maximum absolute atomic E-state index is 4.34. The molecule has 0 aromatic carbocycles. The van der Waals surface area contributed by atoms with Crippen LogP contribution in [-0.4, -0.2) is 48.1 Å². The Morgan fingerprint density at radius 2 is 2.33 bits per heavy atom. The zero-order chi connectivity index (χ0) is 15.1. The molecule has 0 saturated heterocycles. The first-order chi connectivity index (χ1) is 10.3. The van der Waals surface area contributed by atoms with Crippen LogP contribution in [0, 0.1) is 5.92 Å². The molecule has 0 amide bonds. The third kappa shape index (κ3) is 4.57. The van der Waals surface area contributed by atoms with Crippen LogP contribution in [0.1, 0.15) is 25.7 Å². The molecule has 2 unspecified atom stereocenters. The van der Waals surface area contributed by atoms with E-state index in [2.05, 4.69) is 42.0 Å². The summed E-state index contributed by atoms with van der Waals surface area (Å²) in [5.41, 5.74) is 3.12. The first-order valence-corrected chi connectivity index (χ1v) is 9.51. The van der Waals surface area contributed by atoms with E-state index >= 15 is 0 Å². The maximum atomic E-state index is 4.34. The summed E-state index contributed by atoms with van der Waals surface area (Å²) in [4.78, 5) is 0. The van der Waals surface area contributed by atoms with Gasteiger partial charge in [-0.2, -0.15) is 9.52 Å². The Hall–Kier alpha value is -0.320. The monoisotopic (exact) mass is 331 g/mol. The lowest BCUT2D eigenvalue weighted by Gasteiger charge is -2.41. The van der Waals surface area contributed by atoms with Crippen molar-refractivity contribution in [1.29, 1.82) is 0 Å². The minimum Gasteiger partial charge on any atom is -0.311 e. The number of hydrogen-bond acceptors (Lipinski definition) is 8. The van der Waals surface area contributed by atoms with Crippen LogP contribution in [0.25, 0.3) is 0 Å². The average Bonchev–Trinajstić information content (AvgIpc) is 2.48. The fourth-order valence-corrected chi connectivity index (χ4v) is 4.82. The fraction of sp³-hybridized carbons (Fsp3) is 0.833. The predicted molar refractivity (Wildman–Crippen MR) is 92.9 cm³/mol. The topological polar surface area (TPSA) is 76.4 Å². The van der Waals surface area contributed by atoms with Gasteiger partial charge in [-0.05, 0) is 33.4 Å². The Bertz CT molecular complexity index is 412. The second-order valence-electron chi connectivity index (χ2n) is 5.09. The Balaban J connectivity index is 1.95. The highest BCUT2D eigenvalue weighted by molar-refractivity contribution is 8.13. The highest BCUT2D eigenvalue weighted by Gasteiger charge is 2.34. The van der Waals surface area contributed by atoms with Gasteiger partial charge in [-0.25, -0.2) is 0 Å². The van der Waals surface area contributed by atoms with Gasteiger partial charge in [-0.3, -0.25) is 0 Å². The van der Waals surface area contributed by atoms with Gasteiger partial charge in [0.2, 0.25) is 0 Å². The van der Waals surface area contributed by atoms with E-state index in [9.17, 15) is 0 Å². The van der Waals surface area contributed by atoms with Gasteiger partial charge >= 0.3 is 0 Å². The number of hydrogen-bond donors (Lipinski definition) is 3. The number of nitrogens with one attached hydrogen (secondary N) is 3. The molecule has 1 fully saturated rings. The molecule has 0 bridgehead atoms. The van der Waals surface area contributed by atoms with Gasteiger partial charge in [-0.1, -0.05) is 18.2 Å². The lowest BCUT2D eigenvalue weighted by Crippen LogP contribution is -2.55. The molecule has 9 heteroatoms. The van der Waals surface area contributed by atoms with Gasteiger partial charge in [0.25, 0.3) is 0 Å². The average molecular weight is 332 g/mol. The van der Waals surface area contributed by atoms with Crippen molar-refractivity contribution in [3.63, 3.8) is 0 Å². The Morgan fingerprint density at radius 3 is 2.95 bits per heavy atom. The van der Waals surface area contributed by atoms with Crippen LogP contribution >= 0.6 is 11.8 Å². The third-order valence-electron chi connectivity index (χ3n) is 3.61. The van der Waals surface area contributed by atoms with Crippen LogP contribution in [0.4, 0.5) is 0 Å². The van der Waals surface area contributed by atoms with Crippen molar-refractivity contribution in [3.05, 3.63) is 0 Å². The molecule has 120 valence electrons. The SMILES string of the molecule is C=N/N=C(\SCNC)C1CCC[C@H](N2NN=S2CNC)C1. The second kappa shape index (κ2) is 8.96. The lowest BCUT2D eigenvalue weighted by atomic mass is 9.86. The van der Waals surface area contributed by atoms with Gasteiger partial charge in [0, 0.05) is 35.4 Å². The van der Waals surface area contributed by atoms with E-state index in [1.165, 1.54) is 19.3 Å². The summed E-state index contributed by atoms with van der Waals surface area (Å²) in [5.74, 6) is 2.25. The normalized spacial score (nSPS) is 30.6. The van der Waals surface area contributed by atoms with Crippen molar-refractivity contribution >= 4 is 34.4 Å². The van der Waals surface area contributed by atoms with Crippen LogP contribution in [0.5, 0.6) is 0 Å². The summed E-state index contributed by atoms with van der Waals surface area (Å²) < 4.78 is 6.65. The standard InChI is InChI=1S/C12H25N7S2/c1-13-8-20-12(16-15-3)10-5-4-6-11(7-10)19-17-18-21(19)9-14-2/h10-11,13-14,17H,3-9H2,1-2H3/b16-12-/t10?,11-,21?/m0/s1. The van der Waals surface area contributed by atoms with Crippen molar-refractivity contribution in [1.82, 2.24) is 20.6 Å². The van der Waals surface area contributed by atoms with Crippen LogP contribution in [-0.2, 0) is 10.9 Å². The molecule has 3 atom stereocenters. The van der Waals surface area contributed by atoms with E-state index in [-0.39, 0.29) is 10.9 Å². The van der Waals surface area contributed by atoms with Crippen LogP contribution < -0.4 is 16.2 Å². The Morgan fingerprint density at radius 1 is 1.48 bits per heavy atom. The van der Waals surface area contributed by atoms with Gasteiger partial charge in [0.1, 0.15) is 5.04 Å². The van der Waals surface area contributed by atoms with Crippen molar-refractivity contribution < 1.29 is 0 Å². The minimum atomic E-state index is -0.0277. The molecule has 7 nitrogen and oxygen atoms in total. The van der Waals surface area contributed by atoms with E-state index < -0.39 is 0 Å². The molecule has 1 aliphatic carbocycles. The first-order valence-electron chi connectivity index (χ1n) is 7.22. The van der Waals surface area contributed by atoms with Crippen LogP contribution in [0.15, 0.2) is 14.7 Å². The first kappa shape index (κ1) is 17.0. The Kier molecular flexibility index (Phi) is 7.27.